The van der Waals surface area contributed by atoms with E-state index in [0.717, 1.165) is 6.29 Å². The van der Waals surface area contributed by atoms with Gasteiger partial charge in [-0.15, -0.1) is 0 Å². The number of anilines is 1. The zero-order chi connectivity index (χ0) is 23.4. The van der Waals surface area contributed by atoms with Crippen molar-refractivity contribution in [2.75, 3.05) is 18.4 Å². The minimum atomic E-state index is -0.608. The maximum atomic E-state index is 13.4. The predicted octanol–water partition coefficient (Wildman–Crippen LogP) is 2.55. The minimum absolute atomic E-state index is 0.209. The van der Waals surface area contributed by atoms with Gasteiger partial charge in [0.15, 0.2) is 0 Å². The molecule has 1 N–H and O–H groups in total. The molecule has 2 saturated heterocycles. The molecule has 2 atom stereocenters. The predicted molar refractivity (Wildman–Crippen MR) is 121 cm³/mol. The van der Waals surface area contributed by atoms with Crippen LogP contribution in [0.1, 0.15) is 56.8 Å². The van der Waals surface area contributed by atoms with Crippen LogP contribution in [0.3, 0.4) is 0 Å². The summed E-state index contributed by atoms with van der Waals surface area (Å²) in [6.07, 6.45) is 3.97. The molecule has 33 heavy (non-hydrogen) atoms. The number of nitrogens with one attached hydrogen (secondary N) is 1. The first-order valence-electron chi connectivity index (χ1n) is 11.0. The summed E-state index contributed by atoms with van der Waals surface area (Å²) >= 11 is 0. The Morgan fingerprint density at radius 1 is 0.758 bits per heavy atom. The molecule has 0 radical (unpaired) electrons. The third kappa shape index (κ3) is 4.69. The molecule has 2 aliphatic heterocycles. The molecular weight excluding hydrogens is 422 g/mol. The summed E-state index contributed by atoms with van der Waals surface area (Å²) in [7, 11) is 0. The number of carbonyl (C=O) groups excluding carboxylic acids is 5. The summed E-state index contributed by atoms with van der Waals surface area (Å²) in [6.45, 7) is 0.937. The van der Waals surface area contributed by atoms with Gasteiger partial charge in [-0.1, -0.05) is 12.1 Å². The number of nitrogens with zero attached hydrogens (tertiary/aromatic N) is 2. The van der Waals surface area contributed by atoms with Gasteiger partial charge in [0.2, 0.25) is 11.8 Å². The second-order valence-corrected chi connectivity index (χ2v) is 8.32. The molecule has 0 saturated carbocycles. The fraction of sp³-hybridized carbons (Fsp3) is 0.320. The van der Waals surface area contributed by atoms with Crippen molar-refractivity contribution in [2.24, 2.45) is 0 Å². The lowest BCUT2D eigenvalue weighted by molar-refractivity contribution is -0.139. The Kier molecular flexibility index (Phi) is 6.63. The summed E-state index contributed by atoms with van der Waals surface area (Å²) < 4.78 is 0. The molecule has 0 unspecified atom stereocenters. The average Bonchev–Trinajstić information content (AvgIpc) is 3.54. The fourth-order valence-corrected chi connectivity index (χ4v) is 4.50. The molecule has 0 aromatic heterocycles. The van der Waals surface area contributed by atoms with E-state index >= 15 is 0 Å². The first-order valence-corrected chi connectivity index (χ1v) is 11.0. The highest BCUT2D eigenvalue weighted by atomic mass is 16.2. The molecule has 170 valence electrons. The van der Waals surface area contributed by atoms with Crippen LogP contribution in [-0.2, 0) is 9.59 Å². The number of aldehydes is 2. The van der Waals surface area contributed by atoms with E-state index in [1.807, 2.05) is 0 Å². The van der Waals surface area contributed by atoms with Crippen molar-refractivity contribution in [3.63, 3.8) is 0 Å². The summed E-state index contributed by atoms with van der Waals surface area (Å²) in [4.78, 5) is 64.2. The average molecular weight is 447 g/mol. The topological polar surface area (TPSA) is 104 Å². The van der Waals surface area contributed by atoms with Crippen molar-refractivity contribution in [3.8, 4) is 0 Å². The zero-order valence-electron chi connectivity index (χ0n) is 18.1. The molecule has 4 rings (SSSR count). The number of benzene rings is 2. The molecule has 8 heteroatoms. The van der Waals surface area contributed by atoms with Crippen LogP contribution in [0.2, 0.25) is 0 Å². The van der Waals surface area contributed by atoms with E-state index in [1.165, 1.54) is 0 Å². The van der Waals surface area contributed by atoms with Crippen LogP contribution in [-0.4, -0.2) is 65.3 Å². The minimum Gasteiger partial charge on any atom is -0.329 e. The molecule has 2 aliphatic rings. The second-order valence-electron chi connectivity index (χ2n) is 8.32. The van der Waals surface area contributed by atoms with Gasteiger partial charge in [-0.2, -0.15) is 0 Å². The quantitative estimate of drug-likeness (QED) is 0.686. The number of hydrogen-bond donors (Lipinski definition) is 1. The van der Waals surface area contributed by atoms with Crippen molar-refractivity contribution in [2.45, 2.75) is 37.8 Å². The Balaban J connectivity index is 1.45. The van der Waals surface area contributed by atoms with E-state index in [9.17, 15) is 24.0 Å². The lowest BCUT2D eigenvalue weighted by atomic mass is 10.1. The van der Waals surface area contributed by atoms with Gasteiger partial charge in [0.1, 0.15) is 24.7 Å². The summed E-state index contributed by atoms with van der Waals surface area (Å²) in [5.41, 5.74) is 1.97. The SMILES string of the molecule is O=Cc1ccc(NC(=O)[C@@H]2CCCN2C(=O)[C@H]2CCCN2C(=O)c2ccc(C=O)cc2)cc1. The fourth-order valence-electron chi connectivity index (χ4n) is 4.50. The van der Waals surface area contributed by atoms with Crippen LogP contribution >= 0.6 is 0 Å². The molecule has 2 aromatic carbocycles. The maximum Gasteiger partial charge on any atom is 0.254 e. The third-order valence-electron chi connectivity index (χ3n) is 6.25. The van der Waals surface area contributed by atoms with Crippen molar-refractivity contribution in [1.82, 2.24) is 9.80 Å². The third-order valence-corrected chi connectivity index (χ3v) is 6.25. The zero-order valence-corrected chi connectivity index (χ0v) is 18.1. The number of rotatable bonds is 6. The van der Waals surface area contributed by atoms with Gasteiger partial charge in [-0.05, 0) is 62.1 Å². The van der Waals surface area contributed by atoms with Crippen LogP contribution in [0.5, 0.6) is 0 Å². The Morgan fingerprint density at radius 3 is 1.91 bits per heavy atom. The Labute approximate surface area is 191 Å². The van der Waals surface area contributed by atoms with Gasteiger partial charge >= 0.3 is 0 Å². The molecule has 2 heterocycles. The van der Waals surface area contributed by atoms with Crippen molar-refractivity contribution >= 4 is 36.0 Å². The smallest absolute Gasteiger partial charge is 0.254 e. The first kappa shape index (κ1) is 22.4. The van der Waals surface area contributed by atoms with E-state index < -0.39 is 12.1 Å². The summed E-state index contributed by atoms with van der Waals surface area (Å²) in [5, 5.41) is 2.82. The largest absolute Gasteiger partial charge is 0.329 e. The monoisotopic (exact) mass is 447 g/mol. The number of likely N-dealkylation sites (tertiary alicyclic amines) is 2. The standard InChI is InChI=1S/C25H25N3O5/c29-15-17-5-9-19(10-6-17)24(32)28-14-2-4-22(28)25(33)27-13-1-3-21(27)23(31)26-20-11-7-18(16-30)8-12-20/h5-12,15-16,21-22H,1-4,13-14H2,(H,26,31)/t21-,22+/m0/s1. The van der Waals surface area contributed by atoms with E-state index in [1.54, 1.807) is 58.3 Å². The van der Waals surface area contributed by atoms with Crippen LogP contribution in [0.15, 0.2) is 48.5 Å². The van der Waals surface area contributed by atoms with Gasteiger partial charge in [0.25, 0.3) is 5.91 Å². The van der Waals surface area contributed by atoms with Gasteiger partial charge < -0.3 is 15.1 Å². The summed E-state index contributed by atoms with van der Waals surface area (Å²) in [6, 6.07) is 11.7. The van der Waals surface area contributed by atoms with Crippen LogP contribution in [0.25, 0.3) is 0 Å². The molecule has 2 aromatic rings. The first-order chi connectivity index (χ1) is 16.0. The highest BCUT2D eigenvalue weighted by Crippen LogP contribution is 2.27. The lowest BCUT2D eigenvalue weighted by Gasteiger charge is -2.31. The maximum absolute atomic E-state index is 13.4. The lowest BCUT2D eigenvalue weighted by Crippen LogP contribution is -2.51. The van der Waals surface area contributed by atoms with Crippen LogP contribution < -0.4 is 5.32 Å². The number of hydrogen-bond acceptors (Lipinski definition) is 5. The molecule has 0 spiro atoms. The summed E-state index contributed by atoms with van der Waals surface area (Å²) in [5.74, 6) is -0.738. The van der Waals surface area contributed by atoms with Gasteiger partial charge in [-0.3, -0.25) is 24.0 Å². The molecule has 0 aliphatic carbocycles. The second kappa shape index (κ2) is 9.77. The van der Waals surface area contributed by atoms with E-state index in [4.69, 9.17) is 0 Å². The molecular formula is C25H25N3O5. The van der Waals surface area contributed by atoms with E-state index in [-0.39, 0.29) is 17.7 Å². The molecule has 2 fully saturated rings. The highest BCUT2D eigenvalue weighted by molar-refractivity contribution is 6.01. The Morgan fingerprint density at radius 2 is 1.30 bits per heavy atom. The van der Waals surface area contributed by atoms with E-state index in [0.29, 0.717) is 67.4 Å². The van der Waals surface area contributed by atoms with Gasteiger partial charge in [0, 0.05) is 35.5 Å². The highest BCUT2D eigenvalue weighted by Gasteiger charge is 2.42. The van der Waals surface area contributed by atoms with Crippen LogP contribution in [0.4, 0.5) is 5.69 Å². The molecule has 0 bridgehead atoms. The van der Waals surface area contributed by atoms with Crippen molar-refractivity contribution in [1.29, 1.82) is 0 Å². The molecule has 8 nitrogen and oxygen atoms in total. The van der Waals surface area contributed by atoms with E-state index in [2.05, 4.69) is 5.32 Å². The van der Waals surface area contributed by atoms with Crippen molar-refractivity contribution < 1.29 is 24.0 Å². The molecule has 3 amide bonds. The van der Waals surface area contributed by atoms with Crippen molar-refractivity contribution in [3.05, 3.63) is 65.2 Å². The van der Waals surface area contributed by atoms with Gasteiger partial charge in [0.05, 0.1) is 0 Å². The van der Waals surface area contributed by atoms with Crippen LogP contribution in [0, 0.1) is 0 Å². The number of amides is 3. The number of carbonyl (C=O) groups is 5. The van der Waals surface area contributed by atoms with Gasteiger partial charge in [-0.25, -0.2) is 0 Å². The Hall–Kier alpha value is -3.81. The Bertz CT molecular complexity index is 1060. The normalized spacial score (nSPS) is 19.9.